The fourth-order valence-electron chi connectivity index (χ4n) is 2.29. The Hall–Kier alpha value is -1.59. The Kier molecular flexibility index (Phi) is 4.62. The van der Waals surface area contributed by atoms with Gasteiger partial charge in [-0.05, 0) is 32.4 Å². The van der Waals surface area contributed by atoms with E-state index in [4.69, 9.17) is 9.47 Å². The number of methoxy groups -OCH3 is 1. The molecule has 1 aliphatic heterocycles. The van der Waals surface area contributed by atoms with Crippen molar-refractivity contribution in [1.29, 1.82) is 0 Å². The van der Waals surface area contributed by atoms with E-state index in [9.17, 15) is 4.79 Å². The first-order valence-corrected chi connectivity index (χ1v) is 6.84. The molecule has 2 rings (SSSR count). The average molecular weight is 278 g/mol. The van der Waals surface area contributed by atoms with Gasteiger partial charge in [-0.3, -0.25) is 4.79 Å². The maximum atomic E-state index is 12.0. The molecule has 20 heavy (non-hydrogen) atoms. The zero-order chi connectivity index (χ0) is 14.6. The maximum absolute atomic E-state index is 12.0. The van der Waals surface area contributed by atoms with Crippen LogP contribution in [-0.2, 0) is 9.53 Å². The van der Waals surface area contributed by atoms with Crippen LogP contribution in [0.1, 0.15) is 20.3 Å². The van der Waals surface area contributed by atoms with Crippen LogP contribution in [-0.4, -0.2) is 37.8 Å². The standard InChI is InChI=1S/C15H22N2O3/c1-11-15(2,8-9-20-11)16-10-14(18)17-12-6-4-5-7-13(12)19-3/h4-7,11,16H,8-10H2,1-3H3,(H,17,18). The highest BCUT2D eigenvalue weighted by Gasteiger charge is 2.36. The lowest BCUT2D eigenvalue weighted by Gasteiger charge is -2.28. The number of hydrogen-bond donors (Lipinski definition) is 2. The Balaban J connectivity index is 1.90. The Morgan fingerprint density at radius 1 is 1.50 bits per heavy atom. The van der Waals surface area contributed by atoms with Crippen molar-refractivity contribution in [3.63, 3.8) is 0 Å². The third-order valence-electron chi connectivity index (χ3n) is 3.92. The van der Waals surface area contributed by atoms with Gasteiger partial charge >= 0.3 is 0 Å². The maximum Gasteiger partial charge on any atom is 0.238 e. The molecule has 0 aromatic heterocycles. The van der Waals surface area contributed by atoms with Crippen LogP contribution >= 0.6 is 0 Å². The fraction of sp³-hybridized carbons (Fsp3) is 0.533. The predicted molar refractivity (Wildman–Crippen MR) is 78.1 cm³/mol. The van der Waals surface area contributed by atoms with E-state index in [1.165, 1.54) is 0 Å². The molecule has 1 aromatic rings. The molecular weight excluding hydrogens is 256 g/mol. The van der Waals surface area contributed by atoms with E-state index >= 15 is 0 Å². The summed E-state index contributed by atoms with van der Waals surface area (Å²) < 4.78 is 10.7. The third-order valence-corrected chi connectivity index (χ3v) is 3.92. The number of carbonyl (C=O) groups is 1. The first kappa shape index (κ1) is 14.8. The topological polar surface area (TPSA) is 59.6 Å². The molecule has 1 amide bonds. The summed E-state index contributed by atoms with van der Waals surface area (Å²) in [7, 11) is 1.59. The van der Waals surface area contributed by atoms with Gasteiger partial charge in [0.1, 0.15) is 5.75 Å². The molecule has 0 saturated carbocycles. The van der Waals surface area contributed by atoms with Gasteiger partial charge in [-0.15, -0.1) is 0 Å². The number of ether oxygens (including phenoxy) is 2. The lowest BCUT2D eigenvalue weighted by Crippen LogP contribution is -2.50. The van der Waals surface area contributed by atoms with Gasteiger partial charge in [0.15, 0.2) is 0 Å². The molecule has 1 heterocycles. The van der Waals surface area contributed by atoms with E-state index in [1.54, 1.807) is 7.11 Å². The van der Waals surface area contributed by atoms with Crippen LogP contribution < -0.4 is 15.4 Å². The van der Waals surface area contributed by atoms with Crippen molar-refractivity contribution < 1.29 is 14.3 Å². The molecule has 1 aromatic carbocycles. The quantitative estimate of drug-likeness (QED) is 0.862. The molecule has 110 valence electrons. The van der Waals surface area contributed by atoms with Crippen LogP contribution in [0.2, 0.25) is 0 Å². The Labute approximate surface area is 119 Å². The minimum Gasteiger partial charge on any atom is -0.495 e. The van der Waals surface area contributed by atoms with Crippen molar-refractivity contribution in [3.8, 4) is 5.75 Å². The van der Waals surface area contributed by atoms with E-state index in [2.05, 4.69) is 17.6 Å². The highest BCUT2D eigenvalue weighted by Crippen LogP contribution is 2.25. The summed E-state index contributed by atoms with van der Waals surface area (Å²) >= 11 is 0. The first-order valence-electron chi connectivity index (χ1n) is 6.84. The van der Waals surface area contributed by atoms with Crippen molar-refractivity contribution in [3.05, 3.63) is 24.3 Å². The van der Waals surface area contributed by atoms with Crippen LogP contribution in [0.25, 0.3) is 0 Å². The highest BCUT2D eigenvalue weighted by atomic mass is 16.5. The highest BCUT2D eigenvalue weighted by molar-refractivity contribution is 5.93. The van der Waals surface area contributed by atoms with E-state index in [0.29, 0.717) is 11.4 Å². The summed E-state index contributed by atoms with van der Waals surface area (Å²) in [6, 6.07) is 7.36. The van der Waals surface area contributed by atoms with E-state index in [-0.39, 0.29) is 24.1 Å². The number of hydrogen-bond acceptors (Lipinski definition) is 4. The number of para-hydroxylation sites is 2. The van der Waals surface area contributed by atoms with Crippen LogP contribution in [0.4, 0.5) is 5.69 Å². The summed E-state index contributed by atoms with van der Waals surface area (Å²) in [4.78, 5) is 12.0. The smallest absolute Gasteiger partial charge is 0.238 e. The van der Waals surface area contributed by atoms with Crippen molar-refractivity contribution in [2.45, 2.75) is 31.9 Å². The Morgan fingerprint density at radius 2 is 2.25 bits per heavy atom. The first-order chi connectivity index (χ1) is 9.55. The molecule has 0 aliphatic carbocycles. The minimum atomic E-state index is -0.141. The molecule has 2 unspecified atom stereocenters. The lowest BCUT2D eigenvalue weighted by molar-refractivity contribution is -0.115. The van der Waals surface area contributed by atoms with Gasteiger partial charge in [-0.25, -0.2) is 0 Å². The van der Waals surface area contributed by atoms with Gasteiger partial charge in [0.25, 0.3) is 0 Å². The second kappa shape index (κ2) is 6.24. The molecule has 1 aliphatic rings. The number of carbonyl (C=O) groups excluding carboxylic acids is 1. The summed E-state index contributed by atoms with van der Waals surface area (Å²) in [5.74, 6) is 0.569. The van der Waals surface area contributed by atoms with E-state index in [0.717, 1.165) is 13.0 Å². The molecule has 2 N–H and O–H groups in total. The summed E-state index contributed by atoms with van der Waals surface area (Å²) in [6.45, 7) is 5.10. The van der Waals surface area contributed by atoms with Crippen LogP contribution in [0.3, 0.4) is 0 Å². The number of nitrogens with one attached hydrogen (secondary N) is 2. The molecule has 2 atom stereocenters. The van der Waals surface area contributed by atoms with Crippen LogP contribution in [0, 0.1) is 0 Å². The zero-order valence-electron chi connectivity index (χ0n) is 12.2. The van der Waals surface area contributed by atoms with Gasteiger partial charge in [-0.1, -0.05) is 12.1 Å². The molecule has 5 nitrogen and oxygen atoms in total. The molecule has 5 heteroatoms. The molecule has 1 saturated heterocycles. The third kappa shape index (κ3) is 3.29. The van der Waals surface area contributed by atoms with E-state index in [1.807, 2.05) is 31.2 Å². The van der Waals surface area contributed by atoms with E-state index < -0.39 is 0 Å². The molecular formula is C15H22N2O3. The molecule has 1 fully saturated rings. The summed E-state index contributed by atoms with van der Waals surface area (Å²) in [5, 5.41) is 6.14. The number of rotatable bonds is 5. The number of benzene rings is 1. The van der Waals surface area contributed by atoms with Gasteiger partial charge in [-0.2, -0.15) is 0 Å². The fourth-order valence-corrected chi connectivity index (χ4v) is 2.29. The SMILES string of the molecule is COc1ccccc1NC(=O)CNC1(C)CCOC1C. The van der Waals surface area contributed by atoms with Crippen LogP contribution in [0.15, 0.2) is 24.3 Å². The second-order valence-corrected chi connectivity index (χ2v) is 5.28. The number of anilines is 1. The summed E-state index contributed by atoms with van der Waals surface area (Å²) in [6.07, 6.45) is 1.03. The molecule has 0 radical (unpaired) electrons. The average Bonchev–Trinajstić information content (AvgIpc) is 2.78. The monoisotopic (exact) mass is 278 g/mol. The van der Waals surface area contributed by atoms with Gasteiger partial charge in [0.05, 0.1) is 25.4 Å². The van der Waals surface area contributed by atoms with Crippen molar-refractivity contribution in [1.82, 2.24) is 5.32 Å². The van der Waals surface area contributed by atoms with Crippen molar-refractivity contribution >= 4 is 11.6 Å². The van der Waals surface area contributed by atoms with Crippen molar-refractivity contribution in [2.75, 3.05) is 25.6 Å². The normalized spacial score (nSPS) is 25.4. The summed E-state index contributed by atoms with van der Waals surface area (Å²) in [5.41, 5.74) is 0.542. The number of amides is 1. The molecule has 0 spiro atoms. The van der Waals surface area contributed by atoms with Gasteiger partial charge in [0, 0.05) is 12.1 Å². The molecule has 0 bridgehead atoms. The van der Waals surface area contributed by atoms with Crippen LogP contribution in [0.5, 0.6) is 5.75 Å². The predicted octanol–water partition coefficient (Wildman–Crippen LogP) is 1.79. The minimum absolute atomic E-state index is 0.0881. The second-order valence-electron chi connectivity index (χ2n) is 5.28. The Morgan fingerprint density at radius 3 is 2.90 bits per heavy atom. The van der Waals surface area contributed by atoms with Gasteiger partial charge < -0.3 is 20.1 Å². The Bertz CT molecular complexity index is 478. The largest absolute Gasteiger partial charge is 0.495 e. The lowest BCUT2D eigenvalue weighted by atomic mass is 9.95. The van der Waals surface area contributed by atoms with Crippen molar-refractivity contribution in [2.24, 2.45) is 0 Å². The van der Waals surface area contributed by atoms with Gasteiger partial charge in [0.2, 0.25) is 5.91 Å². The zero-order valence-corrected chi connectivity index (χ0v) is 12.2.